The molecule has 3 aromatic rings. The van der Waals surface area contributed by atoms with Crippen molar-refractivity contribution in [2.75, 3.05) is 21.1 Å². The van der Waals surface area contributed by atoms with E-state index in [0.29, 0.717) is 6.54 Å². The summed E-state index contributed by atoms with van der Waals surface area (Å²) in [4.78, 5) is 106. The Kier molecular flexibility index (Phi) is 21.0. The molecule has 1 aliphatic rings. The molecular formula is C53H75BrN8O8. The number of esters is 1. The molecule has 0 radical (unpaired) electrons. The van der Waals surface area contributed by atoms with Crippen LogP contribution in [0.25, 0.3) is 10.9 Å². The second kappa shape index (κ2) is 25.9. The van der Waals surface area contributed by atoms with Crippen LogP contribution in [-0.2, 0) is 51.3 Å². The molecule has 0 saturated carbocycles. The highest BCUT2D eigenvalue weighted by Gasteiger charge is 2.40. The number of hydrogen-bond donors (Lipinski definition) is 3. The predicted octanol–water partition coefficient (Wildman–Crippen LogP) is 6.36. The van der Waals surface area contributed by atoms with Crippen LogP contribution >= 0.6 is 15.9 Å². The van der Waals surface area contributed by atoms with Gasteiger partial charge in [-0.2, -0.15) is 5.26 Å². The second-order valence-corrected chi connectivity index (χ2v) is 21.4. The molecule has 1 saturated heterocycles. The Balaban J connectivity index is 1.92. The lowest BCUT2D eigenvalue weighted by Crippen LogP contribution is -2.60. The Bertz CT molecular complexity index is 2370. The van der Waals surface area contributed by atoms with Gasteiger partial charge in [0.25, 0.3) is 5.91 Å². The maximum Gasteiger partial charge on any atom is 0.329 e. The van der Waals surface area contributed by atoms with Crippen molar-refractivity contribution in [2.45, 2.75) is 156 Å². The number of nitriles is 1. The number of carbonyl (C=O) groups is 7. The summed E-state index contributed by atoms with van der Waals surface area (Å²) < 4.78 is 8.77. The fourth-order valence-electron chi connectivity index (χ4n) is 8.90. The van der Waals surface area contributed by atoms with Crippen molar-refractivity contribution in [3.63, 3.8) is 0 Å². The zero-order valence-corrected chi connectivity index (χ0v) is 44.7. The van der Waals surface area contributed by atoms with E-state index >= 15 is 9.59 Å². The number of para-hydroxylation sites is 1. The molecule has 2 heterocycles. The first-order valence-corrected chi connectivity index (χ1v) is 25.3. The molecular weight excluding hydrogens is 957 g/mol. The third-order valence-corrected chi connectivity index (χ3v) is 13.3. The number of nitrogens with one attached hydrogen (secondary N) is 3. The van der Waals surface area contributed by atoms with Crippen LogP contribution in [0, 0.1) is 35.0 Å². The van der Waals surface area contributed by atoms with Gasteiger partial charge < -0.3 is 40.0 Å². The molecule has 17 heteroatoms. The van der Waals surface area contributed by atoms with Crippen molar-refractivity contribution in [2.24, 2.45) is 23.7 Å². The van der Waals surface area contributed by atoms with Gasteiger partial charge in [0.2, 0.25) is 29.5 Å². The maximum absolute atomic E-state index is 15.1. The van der Waals surface area contributed by atoms with Gasteiger partial charge in [0, 0.05) is 68.5 Å². The highest BCUT2D eigenvalue weighted by molar-refractivity contribution is 9.10. The van der Waals surface area contributed by atoms with E-state index in [1.165, 1.54) is 37.9 Å². The fraction of sp³-hybridized carbons (Fsp3) is 0.585. The van der Waals surface area contributed by atoms with Crippen LogP contribution in [0.3, 0.4) is 0 Å². The van der Waals surface area contributed by atoms with Gasteiger partial charge in [-0.15, -0.1) is 0 Å². The number of amides is 6. The largest absolute Gasteiger partial charge is 0.451 e. The summed E-state index contributed by atoms with van der Waals surface area (Å²) in [6.45, 7) is 17.1. The summed E-state index contributed by atoms with van der Waals surface area (Å²) in [7, 11) is 4.41. The summed E-state index contributed by atoms with van der Waals surface area (Å²) in [5.74, 6) is -5.11. The third kappa shape index (κ3) is 15.4. The van der Waals surface area contributed by atoms with Gasteiger partial charge in [0.15, 0.2) is 6.10 Å². The summed E-state index contributed by atoms with van der Waals surface area (Å²) >= 11 is 3.58. The molecule has 6 amide bonds. The van der Waals surface area contributed by atoms with Crippen LogP contribution in [0.5, 0.6) is 0 Å². The van der Waals surface area contributed by atoms with E-state index in [4.69, 9.17) is 4.74 Å². The molecule has 0 aliphatic carbocycles. The number of nitrogens with zero attached hydrogens (tertiary/aromatic N) is 5. The molecule has 16 nitrogen and oxygen atoms in total. The molecule has 3 N–H and O–H groups in total. The first-order valence-electron chi connectivity index (χ1n) is 24.5. The number of cyclic esters (lactones) is 1. The normalized spacial score (nSPS) is 23.2. The Labute approximate surface area is 422 Å². The Morgan fingerprint density at radius 2 is 1.16 bits per heavy atom. The number of halogens is 1. The SMILES string of the molecule is CC(C)C[C@@H]1NC(=O)[C@H](Cc2cn(Cc3cccc(Br)c3)c3ccccc23)N(C)C(=O)[C@H](CC(C)C)NC(=O)[C@H](CC(C)C)N(C)C(=O)[C@H](CC(C)C)NC(=O)[C@@H](CCC#N)OC(=O)[C@H](C)N(C)C1=O. The van der Waals surface area contributed by atoms with Crippen molar-refractivity contribution in [1.29, 1.82) is 5.26 Å². The molecule has 0 bridgehead atoms. The van der Waals surface area contributed by atoms with E-state index in [9.17, 15) is 29.2 Å². The van der Waals surface area contributed by atoms with Gasteiger partial charge in [-0.1, -0.05) is 102 Å². The second-order valence-electron chi connectivity index (χ2n) is 20.5. The predicted molar refractivity (Wildman–Crippen MR) is 273 cm³/mol. The number of rotatable bonds is 14. The first kappa shape index (κ1) is 56.8. The van der Waals surface area contributed by atoms with Gasteiger partial charge in [0.05, 0.1) is 6.07 Å². The molecule has 4 rings (SSSR count). The maximum atomic E-state index is 15.1. The summed E-state index contributed by atoms with van der Waals surface area (Å²) in [6, 6.07) is 10.7. The minimum absolute atomic E-state index is 0.0269. The van der Waals surface area contributed by atoms with Crippen LogP contribution in [0.1, 0.15) is 112 Å². The van der Waals surface area contributed by atoms with Crippen LogP contribution in [-0.4, -0.2) is 124 Å². The van der Waals surface area contributed by atoms with Crippen molar-refractivity contribution < 1.29 is 38.3 Å². The van der Waals surface area contributed by atoms with Crippen molar-refractivity contribution >= 4 is 68.2 Å². The molecule has 0 spiro atoms. The quantitative estimate of drug-likeness (QED) is 0.154. The number of fused-ring (bicyclic) bond motifs is 1. The lowest BCUT2D eigenvalue weighted by Gasteiger charge is -2.35. The standard InChI is InChI=1S/C53H75BrN8O8/c1-31(2)23-40-50(66)59(10)35(9)53(69)70-46(21-16-22-55)49(65)58-42(25-33(5)6)52(68)60(11)44(26-34(7)8)47(63)57-41(24-32(3)4)51(67)61(12)45(48(64)56-40)28-37-30-62(43-20-14-13-19-39(37)43)29-36-17-15-18-38(54)27-36/h13-15,17-20,27,30-35,40-42,44-46H,16,21,23-26,28-29H2,1-12H3,(H,56,64)(H,57,63)(H,58,65)/t35-,40-,41-,42-,44-,45-,46+/m0/s1. The monoisotopic (exact) mass is 1030 g/mol. The Morgan fingerprint density at radius 1 is 0.657 bits per heavy atom. The molecule has 382 valence electrons. The number of hydrogen-bond acceptors (Lipinski definition) is 9. The Hall–Kier alpha value is -5.76. The fourth-order valence-corrected chi connectivity index (χ4v) is 9.35. The zero-order chi connectivity index (χ0) is 52.1. The topological polar surface area (TPSA) is 203 Å². The van der Waals surface area contributed by atoms with Gasteiger partial charge in [-0.3, -0.25) is 28.8 Å². The van der Waals surface area contributed by atoms with E-state index in [2.05, 4.69) is 36.4 Å². The van der Waals surface area contributed by atoms with Gasteiger partial charge in [0.1, 0.15) is 36.3 Å². The van der Waals surface area contributed by atoms with Crippen LogP contribution in [0.15, 0.2) is 59.2 Å². The highest BCUT2D eigenvalue weighted by atomic mass is 79.9. The number of carbonyl (C=O) groups excluding carboxylic acids is 7. The lowest BCUT2D eigenvalue weighted by molar-refractivity contribution is -0.163. The summed E-state index contributed by atoms with van der Waals surface area (Å²) in [5.41, 5.74) is 2.71. The molecule has 0 unspecified atom stereocenters. The average molecular weight is 1030 g/mol. The number of aromatic nitrogens is 1. The first-order chi connectivity index (χ1) is 32.9. The van der Waals surface area contributed by atoms with E-state index in [1.54, 1.807) is 0 Å². The van der Waals surface area contributed by atoms with Crippen molar-refractivity contribution in [3.8, 4) is 6.07 Å². The molecule has 1 aromatic heterocycles. The molecule has 70 heavy (non-hydrogen) atoms. The number of likely N-dealkylation sites (N-methyl/N-ethyl adjacent to an activating group) is 3. The minimum Gasteiger partial charge on any atom is -0.451 e. The van der Waals surface area contributed by atoms with E-state index in [-0.39, 0.29) is 68.6 Å². The van der Waals surface area contributed by atoms with E-state index in [1.807, 2.05) is 116 Å². The smallest absolute Gasteiger partial charge is 0.329 e. The number of benzene rings is 2. The van der Waals surface area contributed by atoms with Crippen LogP contribution in [0.2, 0.25) is 0 Å². The van der Waals surface area contributed by atoms with Gasteiger partial charge in [-0.25, -0.2) is 4.79 Å². The zero-order valence-electron chi connectivity index (χ0n) is 43.1. The van der Waals surface area contributed by atoms with Crippen LogP contribution < -0.4 is 16.0 Å². The lowest BCUT2D eigenvalue weighted by atomic mass is 9.96. The highest BCUT2D eigenvalue weighted by Crippen LogP contribution is 2.27. The molecule has 7 atom stereocenters. The van der Waals surface area contributed by atoms with Gasteiger partial charge in [-0.05, 0) is 85.6 Å². The molecule has 1 aliphatic heterocycles. The van der Waals surface area contributed by atoms with E-state index in [0.717, 1.165) is 31.4 Å². The van der Waals surface area contributed by atoms with Crippen LogP contribution in [0.4, 0.5) is 0 Å². The van der Waals surface area contributed by atoms with Crippen molar-refractivity contribution in [1.82, 2.24) is 35.2 Å². The summed E-state index contributed by atoms with van der Waals surface area (Å²) in [6.07, 6.45) is 0.895. The number of ether oxygens (including phenoxy) is 1. The van der Waals surface area contributed by atoms with E-state index < -0.39 is 83.8 Å². The minimum atomic E-state index is -1.50. The van der Waals surface area contributed by atoms with Gasteiger partial charge >= 0.3 is 5.97 Å². The van der Waals surface area contributed by atoms with Crippen molar-refractivity contribution in [3.05, 3.63) is 70.3 Å². The Morgan fingerprint density at radius 3 is 1.69 bits per heavy atom. The molecule has 2 aromatic carbocycles. The molecule has 1 fully saturated rings. The average Bonchev–Trinajstić information content (AvgIpc) is 3.63. The third-order valence-electron chi connectivity index (χ3n) is 12.8. The summed E-state index contributed by atoms with van der Waals surface area (Å²) in [5, 5.41) is 19.1.